The fourth-order valence-corrected chi connectivity index (χ4v) is 2.08. The number of aromatic amines is 1. The molecule has 3 aromatic rings. The standard InChI is InChI=1S/C13H15N7O2/c1-3-8(2)19-10(4-5-16-19)18-11(21)9-6-14-13-15-7-17-20(13)12(9)22/h4-8H,3H2,1-2H3,(H,18,21)(H,14,15,17)/t8-/m1/s1. The summed E-state index contributed by atoms with van der Waals surface area (Å²) in [5, 5.41) is 9.49. The summed E-state index contributed by atoms with van der Waals surface area (Å²) in [6, 6.07) is 1.82. The van der Waals surface area contributed by atoms with E-state index in [2.05, 4.69) is 25.5 Å². The third kappa shape index (κ3) is 2.26. The molecule has 0 aliphatic heterocycles. The van der Waals surface area contributed by atoms with Crippen LogP contribution in [0.15, 0.2) is 29.6 Å². The molecule has 3 heterocycles. The Hall–Kier alpha value is -2.97. The average Bonchev–Trinajstić information content (AvgIpc) is 3.15. The first kappa shape index (κ1) is 14.0. The summed E-state index contributed by atoms with van der Waals surface area (Å²) in [6.07, 6.45) is 5.03. The van der Waals surface area contributed by atoms with Crippen molar-refractivity contribution in [1.29, 1.82) is 0 Å². The molecule has 0 unspecified atom stereocenters. The van der Waals surface area contributed by atoms with Crippen LogP contribution in [0.5, 0.6) is 0 Å². The maximum Gasteiger partial charge on any atom is 0.286 e. The van der Waals surface area contributed by atoms with Crippen LogP contribution in [0.4, 0.5) is 5.82 Å². The molecular formula is C13H15N7O2. The molecule has 0 aromatic carbocycles. The lowest BCUT2D eigenvalue weighted by atomic mass is 10.2. The summed E-state index contributed by atoms with van der Waals surface area (Å²) in [5.41, 5.74) is -0.576. The number of nitrogens with one attached hydrogen (secondary N) is 2. The zero-order valence-corrected chi connectivity index (χ0v) is 12.1. The quantitative estimate of drug-likeness (QED) is 0.742. The largest absolute Gasteiger partial charge is 0.307 e. The molecule has 9 heteroatoms. The van der Waals surface area contributed by atoms with E-state index in [0.29, 0.717) is 5.82 Å². The monoisotopic (exact) mass is 301 g/mol. The molecule has 1 amide bonds. The van der Waals surface area contributed by atoms with Gasteiger partial charge in [-0.3, -0.25) is 14.7 Å². The van der Waals surface area contributed by atoms with Gasteiger partial charge in [-0.1, -0.05) is 6.92 Å². The highest BCUT2D eigenvalue weighted by Gasteiger charge is 2.17. The maximum absolute atomic E-state index is 12.3. The Labute approximate surface area is 125 Å². The number of amides is 1. The molecule has 3 rings (SSSR count). The van der Waals surface area contributed by atoms with E-state index in [4.69, 9.17) is 0 Å². The predicted molar refractivity (Wildman–Crippen MR) is 78.8 cm³/mol. The molecule has 2 N–H and O–H groups in total. The third-order valence-corrected chi connectivity index (χ3v) is 3.47. The summed E-state index contributed by atoms with van der Waals surface area (Å²) >= 11 is 0. The normalized spacial score (nSPS) is 12.5. The molecule has 0 saturated heterocycles. The molecule has 0 saturated carbocycles. The summed E-state index contributed by atoms with van der Waals surface area (Å²) in [5.74, 6) is 0.214. The van der Waals surface area contributed by atoms with Crippen molar-refractivity contribution in [3.63, 3.8) is 0 Å². The molecule has 114 valence electrons. The second kappa shape index (κ2) is 5.43. The highest BCUT2D eigenvalue weighted by Crippen LogP contribution is 2.16. The van der Waals surface area contributed by atoms with E-state index in [0.717, 1.165) is 10.9 Å². The minimum Gasteiger partial charge on any atom is -0.307 e. The van der Waals surface area contributed by atoms with Crippen LogP contribution < -0.4 is 10.9 Å². The number of fused-ring (bicyclic) bond motifs is 1. The summed E-state index contributed by atoms with van der Waals surface area (Å²) < 4.78 is 2.82. The maximum atomic E-state index is 12.3. The van der Waals surface area contributed by atoms with E-state index in [1.165, 1.54) is 12.5 Å². The number of carbonyl (C=O) groups is 1. The van der Waals surface area contributed by atoms with Gasteiger partial charge in [0.2, 0.25) is 0 Å². The number of aromatic nitrogens is 6. The van der Waals surface area contributed by atoms with Crippen LogP contribution in [0, 0.1) is 0 Å². The second-order valence-corrected chi connectivity index (χ2v) is 4.87. The van der Waals surface area contributed by atoms with E-state index >= 15 is 0 Å². The van der Waals surface area contributed by atoms with Gasteiger partial charge in [-0.2, -0.15) is 9.61 Å². The molecule has 0 bridgehead atoms. The molecule has 1 atom stereocenters. The van der Waals surface area contributed by atoms with Gasteiger partial charge < -0.3 is 5.32 Å². The van der Waals surface area contributed by atoms with Crippen molar-refractivity contribution in [2.24, 2.45) is 0 Å². The smallest absolute Gasteiger partial charge is 0.286 e. The molecule has 0 aliphatic carbocycles. The Bertz CT molecular complexity index is 876. The Morgan fingerprint density at radius 3 is 3.05 bits per heavy atom. The third-order valence-electron chi connectivity index (χ3n) is 3.47. The summed E-state index contributed by atoms with van der Waals surface area (Å²) in [6.45, 7) is 4.02. The molecular weight excluding hydrogens is 286 g/mol. The van der Waals surface area contributed by atoms with Gasteiger partial charge in [0, 0.05) is 12.3 Å². The minimum atomic E-state index is -0.536. The molecule has 0 spiro atoms. The number of anilines is 1. The zero-order chi connectivity index (χ0) is 15.7. The lowest BCUT2D eigenvalue weighted by Crippen LogP contribution is -2.28. The zero-order valence-electron chi connectivity index (χ0n) is 12.1. The van der Waals surface area contributed by atoms with Crippen molar-refractivity contribution >= 4 is 17.5 Å². The lowest BCUT2D eigenvalue weighted by molar-refractivity contribution is 0.102. The van der Waals surface area contributed by atoms with Crippen LogP contribution in [0.1, 0.15) is 36.7 Å². The Morgan fingerprint density at radius 2 is 2.27 bits per heavy atom. The fourth-order valence-electron chi connectivity index (χ4n) is 2.08. The SMILES string of the molecule is CC[C@@H](C)n1nccc1NC(=O)c1cnc2nc[nH]n2c1=O. The van der Waals surface area contributed by atoms with Gasteiger partial charge in [-0.15, -0.1) is 0 Å². The Balaban J connectivity index is 1.92. The van der Waals surface area contributed by atoms with E-state index in [9.17, 15) is 9.59 Å². The van der Waals surface area contributed by atoms with Crippen LogP contribution in [0.2, 0.25) is 0 Å². The number of nitrogens with zero attached hydrogens (tertiary/aromatic N) is 5. The molecule has 9 nitrogen and oxygen atoms in total. The predicted octanol–water partition coefficient (Wildman–Crippen LogP) is 0.837. The van der Waals surface area contributed by atoms with Crippen molar-refractivity contribution in [3.05, 3.63) is 40.7 Å². The van der Waals surface area contributed by atoms with E-state index < -0.39 is 11.5 Å². The van der Waals surface area contributed by atoms with Gasteiger partial charge in [-0.05, 0) is 13.3 Å². The van der Waals surface area contributed by atoms with Gasteiger partial charge in [0.15, 0.2) is 0 Å². The van der Waals surface area contributed by atoms with Gasteiger partial charge in [0.25, 0.3) is 17.2 Å². The van der Waals surface area contributed by atoms with E-state index in [1.807, 2.05) is 13.8 Å². The van der Waals surface area contributed by atoms with Crippen LogP contribution in [-0.2, 0) is 0 Å². The Kier molecular flexibility index (Phi) is 3.45. The van der Waals surface area contributed by atoms with Crippen molar-refractivity contribution in [3.8, 4) is 0 Å². The topological polar surface area (TPSA) is 110 Å². The fraction of sp³-hybridized carbons (Fsp3) is 0.308. The minimum absolute atomic E-state index is 0.0707. The van der Waals surface area contributed by atoms with E-state index in [-0.39, 0.29) is 17.4 Å². The molecule has 0 fully saturated rings. The number of rotatable bonds is 4. The summed E-state index contributed by atoms with van der Waals surface area (Å²) in [7, 11) is 0. The highest BCUT2D eigenvalue weighted by molar-refractivity contribution is 6.03. The van der Waals surface area contributed by atoms with E-state index in [1.54, 1.807) is 16.9 Å². The number of hydrogen-bond acceptors (Lipinski definition) is 5. The first-order valence-electron chi connectivity index (χ1n) is 6.87. The van der Waals surface area contributed by atoms with Crippen LogP contribution in [0.25, 0.3) is 5.78 Å². The summed E-state index contributed by atoms with van der Waals surface area (Å²) in [4.78, 5) is 32.3. The van der Waals surface area contributed by atoms with Gasteiger partial charge in [0.05, 0.1) is 12.2 Å². The van der Waals surface area contributed by atoms with Gasteiger partial charge >= 0.3 is 0 Å². The number of carbonyl (C=O) groups excluding carboxylic acids is 1. The Morgan fingerprint density at radius 1 is 1.45 bits per heavy atom. The van der Waals surface area contributed by atoms with Crippen LogP contribution in [-0.4, -0.2) is 35.3 Å². The molecule has 0 aliphatic rings. The first-order valence-corrected chi connectivity index (χ1v) is 6.87. The molecule has 0 radical (unpaired) electrons. The van der Waals surface area contributed by atoms with Crippen molar-refractivity contribution in [1.82, 2.24) is 29.4 Å². The van der Waals surface area contributed by atoms with Crippen LogP contribution >= 0.6 is 0 Å². The molecule has 3 aromatic heterocycles. The van der Waals surface area contributed by atoms with Gasteiger partial charge in [-0.25, -0.2) is 14.6 Å². The molecule has 22 heavy (non-hydrogen) atoms. The van der Waals surface area contributed by atoms with Crippen molar-refractivity contribution in [2.45, 2.75) is 26.3 Å². The first-order chi connectivity index (χ1) is 10.6. The lowest BCUT2D eigenvalue weighted by Gasteiger charge is -2.13. The average molecular weight is 301 g/mol. The highest BCUT2D eigenvalue weighted by atomic mass is 16.2. The number of hydrogen-bond donors (Lipinski definition) is 2. The number of H-pyrrole nitrogens is 1. The van der Waals surface area contributed by atoms with Gasteiger partial charge in [0.1, 0.15) is 17.7 Å². The second-order valence-electron chi connectivity index (χ2n) is 4.87. The van der Waals surface area contributed by atoms with Crippen molar-refractivity contribution in [2.75, 3.05) is 5.32 Å². The van der Waals surface area contributed by atoms with Crippen LogP contribution in [0.3, 0.4) is 0 Å². The van der Waals surface area contributed by atoms with Crippen molar-refractivity contribution < 1.29 is 4.79 Å².